The third-order valence-corrected chi connectivity index (χ3v) is 7.05. The van der Waals surface area contributed by atoms with E-state index >= 15 is 0 Å². The van der Waals surface area contributed by atoms with E-state index < -0.39 is 15.1 Å². The van der Waals surface area contributed by atoms with Crippen molar-refractivity contribution in [1.82, 2.24) is 9.80 Å². The van der Waals surface area contributed by atoms with Crippen LogP contribution in [-0.4, -0.2) is 41.0 Å². The van der Waals surface area contributed by atoms with E-state index in [-0.39, 0.29) is 12.1 Å². The van der Waals surface area contributed by atoms with Crippen molar-refractivity contribution in [3.63, 3.8) is 0 Å². The summed E-state index contributed by atoms with van der Waals surface area (Å²) in [6.45, 7) is 12.4. The smallest absolute Gasteiger partial charge is 0.295 e. The second-order valence-electron chi connectivity index (χ2n) is 8.07. The van der Waals surface area contributed by atoms with Crippen molar-refractivity contribution in [1.29, 1.82) is 0 Å². The highest BCUT2D eigenvalue weighted by Gasteiger charge is 2.65. The van der Waals surface area contributed by atoms with Gasteiger partial charge in [0.25, 0.3) is 0 Å². The molecule has 1 aromatic carbocycles. The van der Waals surface area contributed by atoms with Crippen LogP contribution >= 0.6 is 10.2 Å². The van der Waals surface area contributed by atoms with Crippen LogP contribution in [-0.2, 0) is 0 Å². The second kappa shape index (κ2) is 7.43. The van der Waals surface area contributed by atoms with Gasteiger partial charge >= 0.3 is 10.2 Å². The van der Waals surface area contributed by atoms with Crippen LogP contribution in [0.1, 0.15) is 65.5 Å². The summed E-state index contributed by atoms with van der Waals surface area (Å²) in [7, 11) is -9.63. The van der Waals surface area contributed by atoms with E-state index in [0.717, 1.165) is 25.9 Å². The van der Waals surface area contributed by atoms with Crippen LogP contribution in [0.25, 0.3) is 0 Å². The monoisotopic (exact) mass is 428 g/mol. The third kappa shape index (κ3) is 5.19. The fourth-order valence-corrected chi connectivity index (χ4v) is 5.00. The molecule has 1 aliphatic heterocycles. The lowest BCUT2D eigenvalue weighted by Gasteiger charge is -2.50. The van der Waals surface area contributed by atoms with Crippen LogP contribution < -0.4 is 0 Å². The zero-order chi connectivity index (χ0) is 21.4. The van der Waals surface area contributed by atoms with Gasteiger partial charge in [-0.2, -0.15) is 0 Å². The number of hydrogen-bond acceptors (Lipinski definition) is 2. The van der Waals surface area contributed by atoms with Crippen molar-refractivity contribution in [3.05, 3.63) is 29.8 Å². The lowest BCUT2D eigenvalue weighted by molar-refractivity contribution is -0.0178. The highest BCUT2D eigenvalue weighted by atomic mass is 32.5. The van der Waals surface area contributed by atoms with Crippen molar-refractivity contribution in [2.75, 3.05) is 13.1 Å². The Balaban J connectivity index is 2.33. The van der Waals surface area contributed by atoms with Crippen molar-refractivity contribution in [3.8, 4) is 0 Å². The molecule has 0 bridgehead atoms. The highest BCUT2D eigenvalue weighted by Crippen LogP contribution is 3.02. The molecule has 0 spiro atoms. The minimum Gasteiger partial charge on any atom is -0.295 e. The van der Waals surface area contributed by atoms with Gasteiger partial charge in [-0.1, -0.05) is 52.3 Å². The van der Waals surface area contributed by atoms with Crippen molar-refractivity contribution >= 4 is 10.2 Å². The molecule has 2 nitrogen and oxygen atoms in total. The molecule has 0 amide bonds. The highest BCUT2D eigenvalue weighted by molar-refractivity contribution is 8.45. The Kier molecular flexibility index (Phi) is 6.22. The number of piperazine rings is 1. The number of nitrogens with zero attached hydrogens (tertiary/aromatic N) is 2. The summed E-state index contributed by atoms with van der Waals surface area (Å²) in [4.78, 5) is 3.04. The lowest BCUT2D eigenvalue weighted by atomic mass is 9.94. The van der Waals surface area contributed by atoms with Gasteiger partial charge in [-0.3, -0.25) is 9.80 Å². The average Bonchev–Trinajstić information content (AvgIpc) is 2.60. The fourth-order valence-electron chi connectivity index (χ4n) is 4.34. The molecule has 0 saturated carbocycles. The van der Waals surface area contributed by atoms with Gasteiger partial charge in [-0.15, -0.1) is 0 Å². The maximum absolute atomic E-state index is 13.0. The SMILES string of the molecule is CC[C@H]1CN([C@H](CC)c2ccc(S(F)(F)(F)(F)F)cc2)[C@H](CC)CN1C(C)C. The number of hydrogen-bond donors (Lipinski definition) is 0. The first-order valence-electron chi connectivity index (χ1n) is 10.1. The van der Waals surface area contributed by atoms with E-state index in [2.05, 4.69) is 37.5 Å². The van der Waals surface area contributed by atoms with E-state index in [1.165, 1.54) is 12.1 Å². The normalized spacial score (nSPS) is 26.1. The molecule has 164 valence electrons. The molecule has 0 radical (unpaired) electrons. The van der Waals surface area contributed by atoms with Crippen LogP contribution in [0.2, 0.25) is 0 Å². The predicted molar refractivity (Wildman–Crippen MR) is 108 cm³/mol. The second-order valence-corrected chi connectivity index (χ2v) is 10.5. The standard InChI is InChI=1S/C20H33F5N2S/c1-6-17-14-27(18(7-2)13-26(17)15(4)5)20(8-3)16-9-11-19(12-10-16)28(21,22,23,24)25/h9-12,15,17-18,20H,6-8,13-14H2,1-5H3/t17-,18+,20+/m0/s1. The average molecular weight is 429 g/mol. The van der Waals surface area contributed by atoms with Gasteiger partial charge < -0.3 is 0 Å². The molecule has 1 heterocycles. The van der Waals surface area contributed by atoms with E-state index in [1.807, 2.05) is 6.92 Å². The molecule has 28 heavy (non-hydrogen) atoms. The van der Waals surface area contributed by atoms with Crippen molar-refractivity contribution < 1.29 is 19.4 Å². The Bertz CT molecular complexity index is 660. The summed E-state index contributed by atoms with van der Waals surface area (Å²) in [5.41, 5.74) is 0.666. The van der Waals surface area contributed by atoms with Gasteiger partial charge in [-0.05, 0) is 50.8 Å². The van der Waals surface area contributed by atoms with Crippen LogP contribution in [0.4, 0.5) is 19.4 Å². The van der Waals surface area contributed by atoms with Crippen molar-refractivity contribution in [2.45, 2.75) is 82.9 Å². The maximum atomic E-state index is 13.0. The first-order valence-corrected chi connectivity index (χ1v) is 12.0. The molecule has 8 heteroatoms. The molecule has 3 atom stereocenters. The molecule has 1 fully saturated rings. The first-order chi connectivity index (χ1) is 12.7. The van der Waals surface area contributed by atoms with Crippen LogP contribution in [0, 0.1) is 0 Å². The lowest BCUT2D eigenvalue weighted by Crippen LogP contribution is -2.60. The van der Waals surface area contributed by atoms with Crippen LogP contribution in [0.3, 0.4) is 0 Å². The number of rotatable bonds is 7. The van der Waals surface area contributed by atoms with Gasteiger partial charge in [0.2, 0.25) is 0 Å². The maximum Gasteiger partial charge on any atom is 0.310 e. The van der Waals surface area contributed by atoms with Gasteiger partial charge in [0, 0.05) is 37.3 Å². The van der Waals surface area contributed by atoms with Gasteiger partial charge in [0.15, 0.2) is 0 Å². The molecule has 1 aliphatic rings. The van der Waals surface area contributed by atoms with E-state index in [4.69, 9.17) is 0 Å². The molecule has 0 aromatic heterocycles. The molecule has 0 N–H and O–H groups in total. The quantitative estimate of drug-likeness (QED) is 0.418. The molecule has 1 saturated heterocycles. The first kappa shape index (κ1) is 23.4. The Morgan fingerprint density at radius 1 is 0.857 bits per heavy atom. The Morgan fingerprint density at radius 3 is 1.71 bits per heavy atom. The molecule has 1 aromatic rings. The largest absolute Gasteiger partial charge is 0.310 e. The Hall–Kier alpha value is -0.860. The molecule has 0 unspecified atom stereocenters. The summed E-state index contributed by atoms with van der Waals surface area (Å²) in [6.07, 6.45) is 2.63. The van der Waals surface area contributed by atoms with Gasteiger partial charge in [0.1, 0.15) is 4.90 Å². The summed E-state index contributed by atoms with van der Waals surface area (Å²) in [5, 5.41) is 0. The number of benzene rings is 1. The zero-order valence-electron chi connectivity index (χ0n) is 17.3. The van der Waals surface area contributed by atoms with E-state index in [0.29, 0.717) is 36.2 Å². The molecule has 0 aliphatic carbocycles. The Labute approximate surface area is 165 Å². The molecule has 2 rings (SSSR count). The minimum absolute atomic E-state index is 0.0825. The van der Waals surface area contributed by atoms with Crippen LogP contribution in [0.5, 0.6) is 0 Å². The van der Waals surface area contributed by atoms with Gasteiger partial charge in [-0.25, -0.2) is 0 Å². The van der Waals surface area contributed by atoms with Crippen LogP contribution in [0.15, 0.2) is 29.2 Å². The fraction of sp³-hybridized carbons (Fsp3) is 0.700. The zero-order valence-corrected chi connectivity index (χ0v) is 18.2. The predicted octanol–water partition coefficient (Wildman–Crippen LogP) is 7.38. The molecular formula is C20H33F5N2S. The minimum atomic E-state index is -9.63. The third-order valence-electron chi connectivity index (χ3n) is 5.88. The topological polar surface area (TPSA) is 6.48 Å². The molecular weight excluding hydrogens is 395 g/mol. The van der Waals surface area contributed by atoms with Crippen molar-refractivity contribution in [2.24, 2.45) is 0 Å². The Morgan fingerprint density at radius 2 is 1.32 bits per heavy atom. The van der Waals surface area contributed by atoms with E-state index in [1.54, 1.807) is 0 Å². The van der Waals surface area contributed by atoms with Gasteiger partial charge in [0.05, 0.1) is 0 Å². The summed E-state index contributed by atoms with van der Waals surface area (Å²) in [5.74, 6) is 0. The summed E-state index contributed by atoms with van der Waals surface area (Å²) >= 11 is 0. The summed E-state index contributed by atoms with van der Waals surface area (Å²) in [6, 6.07) is 4.54. The van der Waals surface area contributed by atoms with E-state index in [9.17, 15) is 19.4 Å². The summed E-state index contributed by atoms with van der Waals surface area (Å²) < 4.78 is 65.2. The number of halogens is 5.